The Kier molecular flexibility index (Phi) is 9.42. The van der Waals surface area contributed by atoms with E-state index in [4.69, 9.17) is 15.2 Å². The van der Waals surface area contributed by atoms with Crippen LogP contribution in [0.4, 0.5) is 33.5 Å². The number of pyridine rings is 1. The topological polar surface area (TPSA) is 128 Å². The third kappa shape index (κ3) is 6.50. The standard InChI is InChI=1S/C26H28F5N7O3.C2H6/c1-11-4-5-33-6-7-34-23-17-22(36-25(37-23)41-14-9-38(10-14)13(3)39)20(28)21(35-24(17)40-11)15-8-16(32)19(27)12(2)18(15)26(29,30)31;1-2/h8,11,14,33H,4-7,9-10,32H2,1-3H3,(H,34,36,37);1-2H3. The third-order valence-corrected chi connectivity index (χ3v) is 7.00. The van der Waals surface area contributed by atoms with Crippen LogP contribution in [-0.4, -0.2) is 70.7 Å². The molecule has 0 radical (unpaired) electrons. The van der Waals surface area contributed by atoms with E-state index < -0.39 is 63.6 Å². The smallest absolute Gasteiger partial charge is 0.417 e. The van der Waals surface area contributed by atoms with Gasteiger partial charge in [0.15, 0.2) is 5.82 Å². The Balaban J connectivity index is 0.00000207. The highest BCUT2D eigenvalue weighted by Gasteiger charge is 2.39. The van der Waals surface area contributed by atoms with E-state index in [0.717, 1.165) is 6.92 Å². The maximum Gasteiger partial charge on any atom is 0.417 e. The van der Waals surface area contributed by atoms with Gasteiger partial charge in [0.1, 0.15) is 34.3 Å². The molecule has 0 saturated carbocycles. The lowest BCUT2D eigenvalue weighted by Crippen LogP contribution is -2.55. The van der Waals surface area contributed by atoms with Crippen LogP contribution in [0, 0.1) is 18.6 Å². The lowest BCUT2D eigenvalue weighted by atomic mass is 9.96. The highest BCUT2D eigenvalue weighted by atomic mass is 19.4. The number of hydrogen-bond acceptors (Lipinski definition) is 9. The van der Waals surface area contributed by atoms with Crippen LogP contribution in [0.15, 0.2) is 6.07 Å². The first-order valence-corrected chi connectivity index (χ1v) is 14.0. The fourth-order valence-electron chi connectivity index (χ4n) is 4.80. The van der Waals surface area contributed by atoms with Crippen molar-refractivity contribution >= 4 is 28.3 Å². The lowest BCUT2D eigenvalue weighted by Gasteiger charge is -2.37. The van der Waals surface area contributed by atoms with E-state index in [1.807, 2.05) is 13.8 Å². The fraction of sp³-hybridized carbons (Fsp3) is 0.500. The molecule has 1 saturated heterocycles. The summed E-state index contributed by atoms with van der Waals surface area (Å²) >= 11 is 0. The number of aromatic nitrogens is 3. The number of alkyl halides is 3. The molecule has 0 spiro atoms. The summed E-state index contributed by atoms with van der Waals surface area (Å²) < 4.78 is 85.2. The summed E-state index contributed by atoms with van der Waals surface area (Å²) in [5.41, 5.74) is 0.928. The van der Waals surface area contributed by atoms with E-state index in [0.29, 0.717) is 32.1 Å². The van der Waals surface area contributed by atoms with Crippen LogP contribution in [0.2, 0.25) is 0 Å². The minimum Gasteiger partial charge on any atom is -0.474 e. The normalized spacial score (nSPS) is 17.5. The number of carbonyl (C=O) groups excluding carboxylic acids is 1. The van der Waals surface area contributed by atoms with Crippen LogP contribution in [0.5, 0.6) is 11.9 Å². The Morgan fingerprint density at radius 2 is 1.81 bits per heavy atom. The van der Waals surface area contributed by atoms with Crippen molar-refractivity contribution in [3.63, 3.8) is 0 Å². The Morgan fingerprint density at radius 1 is 1.12 bits per heavy atom. The fourth-order valence-corrected chi connectivity index (χ4v) is 4.80. The minimum absolute atomic E-state index is 0.00619. The van der Waals surface area contributed by atoms with Crippen molar-refractivity contribution in [1.29, 1.82) is 0 Å². The van der Waals surface area contributed by atoms with Crippen LogP contribution in [-0.2, 0) is 11.0 Å². The Labute approximate surface area is 245 Å². The number of nitrogens with two attached hydrogens (primary N) is 1. The molecule has 4 N–H and O–H groups in total. The van der Waals surface area contributed by atoms with Crippen LogP contribution >= 0.6 is 0 Å². The zero-order chi connectivity index (χ0) is 31.6. The Morgan fingerprint density at radius 3 is 2.47 bits per heavy atom. The summed E-state index contributed by atoms with van der Waals surface area (Å²) in [5, 5.41) is 6.30. The minimum atomic E-state index is -5.06. The van der Waals surface area contributed by atoms with E-state index in [2.05, 4.69) is 25.6 Å². The molecule has 2 aliphatic heterocycles. The molecule has 1 fully saturated rings. The molecule has 1 amide bonds. The van der Waals surface area contributed by atoms with Crippen molar-refractivity contribution in [3.05, 3.63) is 28.8 Å². The van der Waals surface area contributed by atoms with Gasteiger partial charge in [-0.3, -0.25) is 4.79 Å². The zero-order valence-corrected chi connectivity index (χ0v) is 24.5. The summed E-state index contributed by atoms with van der Waals surface area (Å²) in [4.78, 5) is 25.9. The van der Waals surface area contributed by atoms with E-state index >= 15 is 4.39 Å². The average Bonchev–Trinajstić information content (AvgIpc) is 2.95. The van der Waals surface area contributed by atoms with Gasteiger partial charge in [0, 0.05) is 25.6 Å². The highest BCUT2D eigenvalue weighted by Crippen LogP contribution is 2.44. The number of nitrogens with one attached hydrogen (secondary N) is 2. The van der Waals surface area contributed by atoms with Crippen molar-refractivity contribution < 1.29 is 36.2 Å². The number of ether oxygens (including phenoxy) is 2. The van der Waals surface area contributed by atoms with Crippen molar-refractivity contribution in [3.8, 4) is 23.1 Å². The lowest BCUT2D eigenvalue weighted by molar-refractivity contribution is -0.138. The van der Waals surface area contributed by atoms with Crippen LogP contribution < -0.4 is 25.8 Å². The molecule has 3 aromatic rings. The van der Waals surface area contributed by atoms with E-state index in [-0.39, 0.29) is 42.1 Å². The van der Waals surface area contributed by atoms with Crippen LogP contribution in [0.1, 0.15) is 45.2 Å². The predicted octanol–water partition coefficient (Wildman–Crippen LogP) is 4.69. The molecule has 1 atom stereocenters. The molecule has 0 aliphatic carbocycles. The van der Waals surface area contributed by atoms with Crippen LogP contribution in [0.3, 0.4) is 0 Å². The average molecular weight is 612 g/mol. The molecule has 2 aliphatic rings. The first kappa shape index (κ1) is 31.9. The highest BCUT2D eigenvalue weighted by molar-refractivity contribution is 5.96. The van der Waals surface area contributed by atoms with Gasteiger partial charge in [0.05, 0.1) is 30.4 Å². The number of halogens is 5. The van der Waals surface area contributed by atoms with Gasteiger partial charge in [-0.25, -0.2) is 13.8 Å². The van der Waals surface area contributed by atoms with Crippen molar-refractivity contribution in [2.75, 3.05) is 43.8 Å². The van der Waals surface area contributed by atoms with Crippen LogP contribution in [0.25, 0.3) is 22.2 Å². The summed E-state index contributed by atoms with van der Waals surface area (Å²) in [6.07, 6.45) is -5.50. The molecule has 2 aromatic heterocycles. The maximum absolute atomic E-state index is 16.3. The zero-order valence-electron chi connectivity index (χ0n) is 24.5. The number of amides is 1. The summed E-state index contributed by atoms with van der Waals surface area (Å²) in [6, 6.07) is 0.452. The molecular formula is C28H34F5N7O3. The number of hydrogen-bond donors (Lipinski definition) is 3. The second-order valence-corrected chi connectivity index (χ2v) is 10.0. The summed E-state index contributed by atoms with van der Waals surface area (Å²) in [6.45, 7) is 10.0. The second-order valence-electron chi connectivity index (χ2n) is 10.0. The van der Waals surface area contributed by atoms with Gasteiger partial charge in [0.2, 0.25) is 11.8 Å². The number of carbonyl (C=O) groups is 1. The maximum atomic E-state index is 16.3. The molecule has 15 heteroatoms. The third-order valence-electron chi connectivity index (χ3n) is 7.00. The molecule has 234 valence electrons. The largest absolute Gasteiger partial charge is 0.474 e. The monoisotopic (exact) mass is 611 g/mol. The summed E-state index contributed by atoms with van der Waals surface area (Å²) in [5.74, 6) is -2.74. The first-order valence-electron chi connectivity index (χ1n) is 14.0. The van der Waals surface area contributed by atoms with Gasteiger partial charge in [-0.2, -0.15) is 23.1 Å². The number of anilines is 2. The van der Waals surface area contributed by atoms with E-state index in [1.165, 1.54) is 11.8 Å². The van der Waals surface area contributed by atoms with Gasteiger partial charge in [-0.1, -0.05) is 13.8 Å². The van der Waals surface area contributed by atoms with Crippen molar-refractivity contribution in [1.82, 2.24) is 25.2 Å². The Hall–Kier alpha value is -4.01. The molecule has 0 bridgehead atoms. The van der Waals surface area contributed by atoms with Gasteiger partial charge in [0.25, 0.3) is 0 Å². The van der Waals surface area contributed by atoms with Crippen molar-refractivity contribution in [2.24, 2.45) is 0 Å². The molecule has 43 heavy (non-hydrogen) atoms. The van der Waals surface area contributed by atoms with E-state index in [1.54, 1.807) is 6.92 Å². The number of rotatable bonds is 3. The number of nitrogens with zero attached hydrogens (tertiary/aromatic N) is 4. The molecule has 1 aromatic carbocycles. The number of benzene rings is 1. The number of likely N-dealkylation sites (tertiary alicyclic amines) is 1. The second kappa shape index (κ2) is 12.7. The van der Waals surface area contributed by atoms with E-state index in [9.17, 15) is 22.4 Å². The molecule has 1 unspecified atom stereocenters. The van der Waals surface area contributed by atoms with Gasteiger partial charge < -0.3 is 30.7 Å². The van der Waals surface area contributed by atoms with Crippen molar-refractivity contribution in [2.45, 2.75) is 59.4 Å². The molecule has 5 rings (SSSR count). The van der Waals surface area contributed by atoms with Gasteiger partial charge in [-0.05, 0) is 38.4 Å². The quantitative estimate of drug-likeness (QED) is 0.286. The first-order chi connectivity index (χ1) is 20.3. The SMILES string of the molecule is CC.CC(=O)N1CC(Oc2nc3c4c(nc(-c5cc(N)c(F)c(C)c5C(F)(F)F)c(F)c4n2)OC(C)CCNCCN3)C1. The predicted molar refractivity (Wildman–Crippen MR) is 151 cm³/mol. The van der Waals surface area contributed by atoms with Gasteiger partial charge in [-0.15, -0.1) is 0 Å². The Bertz CT molecular complexity index is 1510. The summed E-state index contributed by atoms with van der Waals surface area (Å²) in [7, 11) is 0. The molecule has 10 nitrogen and oxygen atoms in total. The van der Waals surface area contributed by atoms with Gasteiger partial charge >= 0.3 is 12.2 Å². The molecule has 4 heterocycles. The molecular weight excluding hydrogens is 577 g/mol. The number of nitrogen functional groups attached to an aromatic ring is 1.